The summed E-state index contributed by atoms with van der Waals surface area (Å²) in [6.07, 6.45) is 1.51. The number of phenolic OH excluding ortho intramolecular Hbond substituents is 1. The van der Waals surface area contributed by atoms with Gasteiger partial charge in [0.2, 0.25) is 0 Å². The molecule has 0 bridgehead atoms. The number of hydrogen-bond acceptors (Lipinski definition) is 4. The fourth-order valence-corrected chi connectivity index (χ4v) is 2.90. The molecule has 146 valence electrons. The van der Waals surface area contributed by atoms with Crippen molar-refractivity contribution in [3.63, 3.8) is 0 Å². The number of hydrogen-bond donors (Lipinski definition) is 3. The quantitative estimate of drug-likeness (QED) is 0.557. The molecule has 0 atom stereocenters. The van der Waals surface area contributed by atoms with E-state index in [1.54, 1.807) is 12.1 Å². The predicted molar refractivity (Wildman–Crippen MR) is 101 cm³/mol. The molecule has 1 aromatic rings. The second-order valence-electron chi connectivity index (χ2n) is 8.74. The molecule has 0 radical (unpaired) electrons. The van der Waals surface area contributed by atoms with Gasteiger partial charge in [0, 0.05) is 11.1 Å². The van der Waals surface area contributed by atoms with E-state index in [1.807, 2.05) is 41.5 Å². The average molecular weight is 374 g/mol. The SMILES string of the molecule is CC(C)(C)c1cc(/C=C2/NC(=O)N(CC(=O)O)C2=O)cc(C(C)(C)C)c1O. The van der Waals surface area contributed by atoms with Crippen LogP contribution in [0.2, 0.25) is 0 Å². The highest BCUT2D eigenvalue weighted by Crippen LogP contribution is 2.40. The Morgan fingerprint density at radius 1 is 1.07 bits per heavy atom. The highest BCUT2D eigenvalue weighted by molar-refractivity contribution is 6.15. The van der Waals surface area contributed by atoms with Gasteiger partial charge in [-0.15, -0.1) is 0 Å². The molecule has 1 aromatic carbocycles. The van der Waals surface area contributed by atoms with Crippen molar-refractivity contribution < 1.29 is 24.6 Å². The second-order valence-corrected chi connectivity index (χ2v) is 8.74. The molecule has 1 fully saturated rings. The molecule has 0 unspecified atom stereocenters. The van der Waals surface area contributed by atoms with Crippen LogP contribution < -0.4 is 5.32 Å². The molecular weight excluding hydrogens is 348 g/mol. The van der Waals surface area contributed by atoms with Gasteiger partial charge in [-0.3, -0.25) is 9.59 Å². The molecular formula is C20H26N2O5. The Morgan fingerprint density at radius 3 is 1.96 bits per heavy atom. The lowest BCUT2D eigenvalue weighted by atomic mass is 9.78. The maximum Gasteiger partial charge on any atom is 0.329 e. The summed E-state index contributed by atoms with van der Waals surface area (Å²) in [6.45, 7) is 11.2. The number of aromatic hydroxyl groups is 1. The van der Waals surface area contributed by atoms with Gasteiger partial charge in [0.15, 0.2) is 0 Å². The lowest BCUT2D eigenvalue weighted by Crippen LogP contribution is -2.35. The maximum atomic E-state index is 12.3. The number of rotatable bonds is 3. The first kappa shape index (κ1) is 20.5. The number of carboxylic acid groups (broad SMARTS) is 1. The van der Waals surface area contributed by atoms with Gasteiger partial charge >= 0.3 is 12.0 Å². The van der Waals surface area contributed by atoms with Gasteiger partial charge < -0.3 is 15.5 Å². The molecule has 0 saturated carbocycles. The van der Waals surface area contributed by atoms with Crippen LogP contribution in [0.25, 0.3) is 6.08 Å². The standard InChI is InChI=1S/C20H26N2O5/c1-19(2,3)12-7-11(8-13(16(12)25)20(4,5)6)9-14-17(26)22(10-15(23)24)18(27)21-14/h7-9,25H,10H2,1-6H3,(H,21,27)(H,23,24)/b14-9+. The number of nitrogens with zero attached hydrogens (tertiary/aromatic N) is 1. The van der Waals surface area contributed by atoms with Crippen molar-refractivity contribution >= 4 is 24.0 Å². The summed E-state index contributed by atoms with van der Waals surface area (Å²) >= 11 is 0. The number of amides is 3. The Bertz CT molecular complexity index is 806. The van der Waals surface area contributed by atoms with Crippen LogP contribution in [0.15, 0.2) is 17.8 Å². The van der Waals surface area contributed by atoms with Crippen LogP contribution in [-0.2, 0) is 20.4 Å². The number of aliphatic carboxylic acids is 1. The molecule has 7 nitrogen and oxygen atoms in total. The first-order chi connectivity index (χ1) is 12.2. The Labute approximate surface area is 158 Å². The fourth-order valence-electron chi connectivity index (χ4n) is 2.90. The third-order valence-electron chi connectivity index (χ3n) is 4.31. The topological polar surface area (TPSA) is 107 Å². The van der Waals surface area contributed by atoms with Crippen LogP contribution in [0.5, 0.6) is 5.75 Å². The van der Waals surface area contributed by atoms with E-state index in [0.717, 1.165) is 11.1 Å². The lowest BCUT2D eigenvalue weighted by Gasteiger charge is -2.28. The smallest absolute Gasteiger partial charge is 0.329 e. The molecule has 0 spiro atoms. The molecule has 27 heavy (non-hydrogen) atoms. The number of carbonyl (C=O) groups excluding carboxylic acids is 2. The predicted octanol–water partition coefficient (Wildman–Crippen LogP) is 2.96. The maximum absolute atomic E-state index is 12.3. The van der Waals surface area contributed by atoms with E-state index in [1.165, 1.54) is 6.08 Å². The summed E-state index contributed by atoms with van der Waals surface area (Å²) in [5.74, 6) is -1.74. The minimum atomic E-state index is -1.27. The Morgan fingerprint density at radius 2 is 1.56 bits per heavy atom. The molecule has 1 aliphatic heterocycles. The van der Waals surface area contributed by atoms with Crippen LogP contribution in [0, 0.1) is 0 Å². The molecule has 1 saturated heterocycles. The van der Waals surface area contributed by atoms with Crippen molar-refractivity contribution in [3.05, 3.63) is 34.5 Å². The van der Waals surface area contributed by atoms with E-state index >= 15 is 0 Å². The van der Waals surface area contributed by atoms with Crippen molar-refractivity contribution in [2.75, 3.05) is 6.54 Å². The number of phenols is 1. The number of benzene rings is 1. The summed E-state index contributed by atoms with van der Waals surface area (Å²) < 4.78 is 0. The zero-order valence-electron chi connectivity index (χ0n) is 16.5. The molecule has 3 amide bonds. The number of urea groups is 1. The van der Waals surface area contributed by atoms with Crippen LogP contribution in [0.1, 0.15) is 58.2 Å². The number of imide groups is 1. The third kappa shape index (κ3) is 4.30. The van der Waals surface area contributed by atoms with Gasteiger partial charge in [-0.1, -0.05) is 41.5 Å². The van der Waals surface area contributed by atoms with Gasteiger partial charge in [-0.25, -0.2) is 9.69 Å². The van der Waals surface area contributed by atoms with Crippen molar-refractivity contribution in [2.24, 2.45) is 0 Å². The molecule has 2 rings (SSSR count). The van der Waals surface area contributed by atoms with Crippen LogP contribution >= 0.6 is 0 Å². The Balaban J connectivity index is 2.56. The van der Waals surface area contributed by atoms with E-state index in [4.69, 9.17) is 5.11 Å². The molecule has 1 aliphatic rings. The van der Waals surface area contributed by atoms with Crippen LogP contribution in [0.3, 0.4) is 0 Å². The van der Waals surface area contributed by atoms with Gasteiger partial charge in [0.25, 0.3) is 5.91 Å². The lowest BCUT2D eigenvalue weighted by molar-refractivity contribution is -0.140. The second kappa shape index (κ2) is 6.72. The number of nitrogens with one attached hydrogen (secondary N) is 1. The van der Waals surface area contributed by atoms with Gasteiger partial charge in [-0.2, -0.15) is 0 Å². The zero-order chi connectivity index (χ0) is 20.7. The monoisotopic (exact) mass is 374 g/mol. The van der Waals surface area contributed by atoms with Crippen molar-refractivity contribution in [2.45, 2.75) is 52.4 Å². The fraction of sp³-hybridized carbons (Fsp3) is 0.450. The summed E-state index contributed by atoms with van der Waals surface area (Å²) in [6, 6.07) is 2.79. The van der Waals surface area contributed by atoms with Crippen molar-refractivity contribution in [1.82, 2.24) is 10.2 Å². The molecule has 0 aromatic heterocycles. The van der Waals surface area contributed by atoms with Crippen molar-refractivity contribution in [3.8, 4) is 5.75 Å². The molecule has 7 heteroatoms. The van der Waals surface area contributed by atoms with Crippen LogP contribution in [0.4, 0.5) is 4.79 Å². The van der Waals surface area contributed by atoms with E-state index in [-0.39, 0.29) is 22.3 Å². The van der Waals surface area contributed by atoms with E-state index in [9.17, 15) is 19.5 Å². The first-order valence-electron chi connectivity index (χ1n) is 8.66. The summed E-state index contributed by atoms with van der Waals surface area (Å²) in [5, 5.41) is 22.0. The zero-order valence-corrected chi connectivity index (χ0v) is 16.5. The summed E-state index contributed by atoms with van der Waals surface area (Å²) in [7, 11) is 0. The largest absolute Gasteiger partial charge is 0.507 e. The normalized spacial score (nSPS) is 16.8. The summed E-state index contributed by atoms with van der Waals surface area (Å²) in [4.78, 5) is 35.7. The Kier molecular flexibility index (Phi) is 5.10. The molecule has 3 N–H and O–H groups in total. The van der Waals surface area contributed by atoms with E-state index < -0.39 is 24.5 Å². The van der Waals surface area contributed by atoms with Gasteiger partial charge in [0.05, 0.1) is 0 Å². The highest BCUT2D eigenvalue weighted by atomic mass is 16.4. The van der Waals surface area contributed by atoms with Crippen molar-refractivity contribution in [1.29, 1.82) is 0 Å². The number of carbonyl (C=O) groups is 3. The Hall–Kier alpha value is -2.83. The minimum Gasteiger partial charge on any atom is -0.507 e. The van der Waals surface area contributed by atoms with E-state index in [2.05, 4.69) is 5.32 Å². The van der Waals surface area contributed by atoms with Gasteiger partial charge in [-0.05, 0) is 34.6 Å². The first-order valence-corrected chi connectivity index (χ1v) is 8.66. The third-order valence-corrected chi connectivity index (χ3v) is 4.31. The number of carboxylic acids is 1. The van der Waals surface area contributed by atoms with E-state index in [0.29, 0.717) is 10.5 Å². The van der Waals surface area contributed by atoms with Crippen LogP contribution in [-0.4, -0.2) is 39.6 Å². The average Bonchev–Trinajstić information content (AvgIpc) is 2.73. The molecule has 1 heterocycles. The van der Waals surface area contributed by atoms with Gasteiger partial charge in [0.1, 0.15) is 18.0 Å². The minimum absolute atomic E-state index is 0.00616. The molecule has 0 aliphatic carbocycles. The highest BCUT2D eigenvalue weighted by Gasteiger charge is 2.35. The summed E-state index contributed by atoms with van der Waals surface area (Å²) in [5.41, 5.74) is 1.42.